The highest BCUT2D eigenvalue weighted by molar-refractivity contribution is 5.91. The topological polar surface area (TPSA) is 61.8 Å². The van der Waals surface area contributed by atoms with E-state index in [-0.39, 0.29) is 18.5 Å². The number of phenolic OH excluding ortho intramolecular Hbond substituents is 1. The maximum absolute atomic E-state index is 11.5. The molecule has 0 aliphatic carbocycles. The Morgan fingerprint density at radius 2 is 2.07 bits per heavy atom. The molecule has 82 valence electrons. The second-order valence-electron chi connectivity index (χ2n) is 2.99. The average molecular weight is 210 g/mol. The van der Waals surface area contributed by atoms with Crippen LogP contribution in [0.3, 0.4) is 0 Å². The number of aromatic hydroxyl groups is 1. The molecule has 0 fully saturated rings. The van der Waals surface area contributed by atoms with E-state index in [4.69, 9.17) is 9.84 Å². The van der Waals surface area contributed by atoms with Crippen LogP contribution in [0.15, 0.2) is 24.3 Å². The van der Waals surface area contributed by atoms with Crippen molar-refractivity contribution in [3.05, 3.63) is 24.3 Å². The molecule has 0 aliphatic heterocycles. The van der Waals surface area contributed by atoms with Gasteiger partial charge in [0.25, 0.3) is 0 Å². The van der Waals surface area contributed by atoms with Crippen LogP contribution in [0.4, 0.5) is 10.5 Å². The number of rotatable bonds is 3. The number of ether oxygens (including phenoxy) is 1. The van der Waals surface area contributed by atoms with Crippen LogP contribution in [-0.4, -0.2) is 32.0 Å². The first-order chi connectivity index (χ1) is 7.15. The van der Waals surface area contributed by atoms with E-state index < -0.39 is 0 Å². The van der Waals surface area contributed by atoms with Crippen LogP contribution in [0.2, 0.25) is 0 Å². The van der Waals surface area contributed by atoms with E-state index in [1.807, 2.05) is 0 Å². The van der Waals surface area contributed by atoms with Crippen LogP contribution < -0.4 is 10.2 Å². The van der Waals surface area contributed by atoms with E-state index in [0.717, 1.165) is 0 Å². The Morgan fingerprint density at radius 1 is 1.47 bits per heavy atom. The van der Waals surface area contributed by atoms with E-state index in [9.17, 15) is 4.79 Å². The molecule has 1 aromatic carbocycles. The summed E-state index contributed by atoms with van der Waals surface area (Å²) in [6.07, 6.45) is 0. The number of carbonyl (C=O) groups is 1. The van der Waals surface area contributed by atoms with Gasteiger partial charge < -0.3 is 15.2 Å². The molecule has 1 aromatic rings. The molecule has 0 aliphatic rings. The zero-order chi connectivity index (χ0) is 11.3. The number of hydrogen-bond acceptors (Lipinski definition) is 3. The minimum atomic E-state index is -0.262. The van der Waals surface area contributed by atoms with Gasteiger partial charge in [0.15, 0.2) is 0 Å². The summed E-state index contributed by atoms with van der Waals surface area (Å²) in [6, 6.07) is 6.09. The second kappa shape index (κ2) is 5.21. The van der Waals surface area contributed by atoms with Crippen LogP contribution >= 0.6 is 0 Å². The third-order valence-electron chi connectivity index (χ3n) is 1.91. The van der Waals surface area contributed by atoms with Crippen molar-refractivity contribution in [1.29, 1.82) is 0 Å². The maximum Gasteiger partial charge on any atom is 0.323 e. The standard InChI is InChI=1S/C10H14N2O3/c1-12(10(14)11-7-15-2)8-3-5-9(13)6-4-8/h3-6,13H,7H2,1-2H3,(H,11,14). The zero-order valence-corrected chi connectivity index (χ0v) is 8.73. The van der Waals surface area contributed by atoms with Crippen LogP contribution in [-0.2, 0) is 4.74 Å². The molecule has 0 bridgehead atoms. The van der Waals surface area contributed by atoms with Crippen LogP contribution in [0.25, 0.3) is 0 Å². The fourth-order valence-corrected chi connectivity index (χ4v) is 1.05. The minimum absolute atomic E-state index is 0.168. The highest BCUT2D eigenvalue weighted by Gasteiger charge is 2.09. The monoisotopic (exact) mass is 210 g/mol. The highest BCUT2D eigenvalue weighted by atomic mass is 16.5. The van der Waals surface area contributed by atoms with Gasteiger partial charge in [-0.2, -0.15) is 0 Å². The molecular weight excluding hydrogens is 196 g/mol. The van der Waals surface area contributed by atoms with Gasteiger partial charge in [-0.25, -0.2) is 4.79 Å². The van der Waals surface area contributed by atoms with Gasteiger partial charge in [-0.15, -0.1) is 0 Å². The van der Waals surface area contributed by atoms with Crippen LogP contribution in [0, 0.1) is 0 Å². The molecule has 15 heavy (non-hydrogen) atoms. The quantitative estimate of drug-likeness (QED) is 0.735. The number of anilines is 1. The Hall–Kier alpha value is -1.75. The molecule has 2 N–H and O–H groups in total. The fraction of sp³-hybridized carbons (Fsp3) is 0.300. The lowest BCUT2D eigenvalue weighted by atomic mass is 10.3. The largest absolute Gasteiger partial charge is 0.508 e. The molecule has 0 saturated heterocycles. The van der Waals surface area contributed by atoms with Crippen molar-refractivity contribution < 1.29 is 14.6 Å². The lowest BCUT2D eigenvalue weighted by molar-refractivity contribution is 0.175. The van der Waals surface area contributed by atoms with Gasteiger partial charge in [-0.05, 0) is 24.3 Å². The summed E-state index contributed by atoms with van der Waals surface area (Å²) in [5, 5.41) is 11.6. The van der Waals surface area contributed by atoms with Gasteiger partial charge in [0.05, 0.1) is 0 Å². The summed E-state index contributed by atoms with van der Waals surface area (Å²) in [5.74, 6) is 0.171. The third kappa shape index (κ3) is 3.14. The number of nitrogens with zero attached hydrogens (tertiary/aromatic N) is 1. The van der Waals surface area contributed by atoms with Gasteiger partial charge >= 0.3 is 6.03 Å². The van der Waals surface area contributed by atoms with E-state index in [1.165, 1.54) is 24.1 Å². The number of urea groups is 1. The van der Waals surface area contributed by atoms with Crippen molar-refractivity contribution in [3.8, 4) is 5.75 Å². The number of methoxy groups -OCH3 is 1. The summed E-state index contributed by atoms with van der Waals surface area (Å²) in [5.41, 5.74) is 0.696. The molecule has 0 radical (unpaired) electrons. The van der Waals surface area contributed by atoms with Crippen LogP contribution in [0.5, 0.6) is 5.75 Å². The lowest BCUT2D eigenvalue weighted by Crippen LogP contribution is -2.38. The van der Waals surface area contributed by atoms with Crippen molar-refractivity contribution in [1.82, 2.24) is 5.32 Å². The number of phenols is 1. The molecule has 5 heteroatoms. The Balaban J connectivity index is 2.63. The number of benzene rings is 1. The summed E-state index contributed by atoms with van der Waals surface area (Å²) < 4.78 is 4.72. The van der Waals surface area contributed by atoms with E-state index in [0.29, 0.717) is 5.69 Å². The van der Waals surface area contributed by atoms with Crippen molar-refractivity contribution in [2.45, 2.75) is 0 Å². The van der Waals surface area contributed by atoms with Gasteiger partial charge in [0.2, 0.25) is 0 Å². The number of amides is 2. The molecule has 2 amide bonds. The second-order valence-corrected chi connectivity index (χ2v) is 2.99. The predicted octanol–water partition coefficient (Wildman–Crippen LogP) is 1.14. The summed E-state index contributed by atoms with van der Waals surface area (Å²) in [6.45, 7) is 0.168. The lowest BCUT2D eigenvalue weighted by Gasteiger charge is -2.17. The molecule has 0 aromatic heterocycles. The first-order valence-corrected chi connectivity index (χ1v) is 4.44. The summed E-state index contributed by atoms with van der Waals surface area (Å²) >= 11 is 0. The van der Waals surface area contributed by atoms with Crippen molar-refractivity contribution in [3.63, 3.8) is 0 Å². The van der Waals surface area contributed by atoms with E-state index >= 15 is 0 Å². The summed E-state index contributed by atoms with van der Waals surface area (Å²) in [4.78, 5) is 12.9. The first-order valence-electron chi connectivity index (χ1n) is 4.44. The SMILES string of the molecule is COCNC(=O)N(C)c1ccc(O)cc1. The molecule has 0 atom stereocenters. The molecule has 0 spiro atoms. The van der Waals surface area contributed by atoms with Gasteiger partial charge in [-0.3, -0.25) is 4.90 Å². The molecular formula is C10H14N2O3. The van der Waals surface area contributed by atoms with Crippen molar-refractivity contribution in [2.24, 2.45) is 0 Å². The van der Waals surface area contributed by atoms with Gasteiger partial charge in [0, 0.05) is 19.8 Å². The Morgan fingerprint density at radius 3 is 2.60 bits per heavy atom. The van der Waals surface area contributed by atoms with Gasteiger partial charge in [-0.1, -0.05) is 0 Å². The first kappa shape index (κ1) is 11.3. The van der Waals surface area contributed by atoms with E-state index in [2.05, 4.69) is 5.32 Å². The zero-order valence-electron chi connectivity index (χ0n) is 8.73. The maximum atomic E-state index is 11.5. The third-order valence-corrected chi connectivity index (χ3v) is 1.91. The Kier molecular flexibility index (Phi) is 3.93. The molecule has 0 saturated carbocycles. The highest BCUT2D eigenvalue weighted by Crippen LogP contribution is 2.16. The van der Waals surface area contributed by atoms with Crippen LogP contribution in [0.1, 0.15) is 0 Å². The van der Waals surface area contributed by atoms with Crippen molar-refractivity contribution >= 4 is 11.7 Å². The number of carbonyl (C=O) groups excluding carboxylic acids is 1. The average Bonchev–Trinajstić information content (AvgIpc) is 2.26. The predicted molar refractivity (Wildman–Crippen MR) is 56.9 cm³/mol. The Labute approximate surface area is 88.3 Å². The molecule has 0 heterocycles. The Bertz CT molecular complexity index is 324. The number of hydrogen-bond donors (Lipinski definition) is 2. The minimum Gasteiger partial charge on any atom is -0.508 e. The number of nitrogens with one attached hydrogen (secondary N) is 1. The molecule has 0 unspecified atom stereocenters. The smallest absolute Gasteiger partial charge is 0.323 e. The molecule has 1 rings (SSSR count). The van der Waals surface area contributed by atoms with E-state index in [1.54, 1.807) is 19.2 Å². The summed E-state index contributed by atoms with van der Waals surface area (Å²) in [7, 11) is 3.14. The fourth-order valence-electron chi connectivity index (χ4n) is 1.05. The normalized spacial score (nSPS) is 9.73. The molecule has 5 nitrogen and oxygen atoms in total. The van der Waals surface area contributed by atoms with Gasteiger partial charge in [0.1, 0.15) is 12.5 Å². The van der Waals surface area contributed by atoms with Crippen molar-refractivity contribution in [2.75, 3.05) is 25.8 Å².